The van der Waals surface area contributed by atoms with E-state index in [1.165, 1.54) is 0 Å². The van der Waals surface area contributed by atoms with Crippen LogP contribution in [-0.4, -0.2) is 17.1 Å². The average molecular weight is 281 g/mol. The third kappa shape index (κ3) is 2.49. The Morgan fingerprint density at radius 1 is 1.19 bits per heavy atom. The standard InChI is InChI=1S/C11H9BrN2O2/c1-15-10-9(12)7-13-11(14-10)16-8-5-3-2-4-6-8/h2-7H,1H3. The van der Waals surface area contributed by atoms with Gasteiger partial charge in [0, 0.05) is 0 Å². The van der Waals surface area contributed by atoms with Crippen LogP contribution >= 0.6 is 15.9 Å². The van der Waals surface area contributed by atoms with Crippen LogP contribution in [0.3, 0.4) is 0 Å². The molecule has 0 aliphatic rings. The lowest BCUT2D eigenvalue weighted by molar-refractivity contribution is 0.373. The molecule has 2 aromatic rings. The van der Waals surface area contributed by atoms with Crippen LogP contribution in [0, 0.1) is 0 Å². The van der Waals surface area contributed by atoms with Gasteiger partial charge in [-0.2, -0.15) is 4.98 Å². The van der Waals surface area contributed by atoms with Crippen molar-refractivity contribution >= 4 is 15.9 Å². The summed E-state index contributed by atoms with van der Waals surface area (Å²) in [7, 11) is 1.54. The molecule has 0 radical (unpaired) electrons. The second kappa shape index (κ2) is 4.94. The number of hydrogen-bond acceptors (Lipinski definition) is 4. The van der Waals surface area contributed by atoms with Crippen molar-refractivity contribution in [1.29, 1.82) is 0 Å². The lowest BCUT2D eigenvalue weighted by Gasteiger charge is -2.05. The summed E-state index contributed by atoms with van der Waals surface area (Å²) in [5.41, 5.74) is 0. The van der Waals surface area contributed by atoms with Gasteiger partial charge < -0.3 is 9.47 Å². The fourth-order valence-electron chi connectivity index (χ4n) is 1.12. The van der Waals surface area contributed by atoms with E-state index in [0.29, 0.717) is 16.1 Å². The lowest BCUT2D eigenvalue weighted by Crippen LogP contribution is -1.95. The summed E-state index contributed by atoms with van der Waals surface area (Å²) in [5.74, 6) is 1.13. The van der Waals surface area contributed by atoms with Crippen molar-refractivity contribution in [2.45, 2.75) is 0 Å². The van der Waals surface area contributed by atoms with E-state index < -0.39 is 0 Å². The average Bonchev–Trinajstić information content (AvgIpc) is 2.33. The second-order valence-electron chi connectivity index (χ2n) is 2.92. The van der Waals surface area contributed by atoms with Crippen molar-refractivity contribution in [2.24, 2.45) is 0 Å². The zero-order valence-electron chi connectivity index (χ0n) is 8.55. The maximum atomic E-state index is 5.45. The highest BCUT2D eigenvalue weighted by atomic mass is 79.9. The molecular weight excluding hydrogens is 272 g/mol. The number of methoxy groups -OCH3 is 1. The highest BCUT2D eigenvalue weighted by molar-refractivity contribution is 9.10. The molecule has 0 spiro atoms. The van der Waals surface area contributed by atoms with E-state index in [1.807, 2.05) is 30.3 Å². The van der Waals surface area contributed by atoms with Crippen LogP contribution in [-0.2, 0) is 0 Å². The Morgan fingerprint density at radius 3 is 2.62 bits per heavy atom. The molecule has 0 fully saturated rings. The van der Waals surface area contributed by atoms with Gasteiger partial charge in [0.1, 0.15) is 5.75 Å². The minimum absolute atomic E-state index is 0.256. The third-order valence-electron chi connectivity index (χ3n) is 1.84. The number of hydrogen-bond donors (Lipinski definition) is 0. The Balaban J connectivity index is 2.22. The summed E-state index contributed by atoms with van der Waals surface area (Å²) in [6.45, 7) is 0. The van der Waals surface area contributed by atoms with Gasteiger partial charge in [0.25, 0.3) is 0 Å². The number of para-hydroxylation sites is 1. The first-order valence-electron chi connectivity index (χ1n) is 4.59. The molecule has 0 saturated heterocycles. The van der Waals surface area contributed by atoms with Crippen molar-refractivity contribution in [2.75, 3.05) is 7.11 Å². The fraction of sp³-hybridized carbons (Fsp3) is 0.0909. The van der Waals surface area contributed by atoms with Crippen LogP contribution in [0.15, 0.2) is 41.0 Å². The Hall–Kier alpha value is -1.62. The molecule has 82 valence electrons. The molecule has 16 heavy (non-hydrogen) atoms. The SMILES string of the molecule is COc1nc(Oc2ccccc2)ncc1Br. The van der Waals surface area contributed by atoms with Crippen molar-refractivity contribution in [3.63, 3.8) is 0 Å². The monoisotopic (exact) mass is 280 g/mol. The van der Waals surface area contributed by atoms with Crippen LogP contribution in [0.5, 0.6) is 17.6 Å². The molecule has 1 heterocycles. The molecule has 0 bridgehead atoms. The predicted molar refractivity (Wildman–Crippen MR) is 62.8 cm³/mol. The van der Waals surface area contributed by atoms with Gasteiger partial charge in [-0.3, -0.25) is 0 Å². The summed E-state index contributed by atoms with van der Waals surface area (Å²) in [4.78, 5) is 8.11. The molecular formula is C11H9BrN2O2. The predicted octanol–water partition coefficient (Wildman–Crippen LogP) is 3.04. The summed E-state index contributed by atoms with van der Waals surface area (Å²) >= 11 is 3.27. The third-order valence-corrected chi connectivity index (χ3v) is 2.38. The van der Waals surface area contributed by atoms with Gasteiger partial charge in [0.2, 0.25) is 5.88 Å². The molecule has 5 heteroatoms. The van der Waals surface area contributed by atoms with Gasteiger partial charge in [-0.1, -0.05) is 18.2 Å². The second-order valence-corrected chi connectivity index (χ2v) is 3.78. The highest BCUT2D eigenvalue weighted by Crippen LogP contribution is 2.25. The Bertz CT molecular complexity index is 477. The zero-order valence-corrected chi connectivity index (χ0v) is 10.1. The highest BCUT2D eigenvalue weighted by Gasteiger charge is 2.06. The van der Waals surface area contributed by atoms with Gasteiger partial charge >= 0.3 is 6.01 Å². The van der Waals surface area contributed by atoms with E-state index in [-0.39, 0.29) is 6.01 Å². The zero-order chi connectivity index (χ0) is 11.4. The molecule has 2 rings (SSSR count). The minimum Gasteiger partial charge on any atom is -0.480 e. The van der Waals surface area contributed by atoms with Crippen LogP contribution in [0.2, 0.25) is 0 Å². The molecule has 0 unspecified atom stereocenters. The molecule has 4 nitrogen and oxygen atoms in total. The smallest absolute Gasteiger partial charge is 0.325 e. The maximum absolute atomic E-state index is 5.45. The minimum atomic E-state index is 0.256. The molecule has 0 aliphatic heterocycles. The molecule has 0 N–H and O–H groups in total. The Kier molecular flexibility index (Phi) is 3.36. The van der Waals surface area contributed by atoms with Gasteiger partial charge in [-0.05, 0) is 28.1 Å². The van der Waals surface area contributed by atoms with Gasteiger partial charge in [-0.15, -0.1) is 0 Å². The van der Waals surface area contributed by atoms with Crippen molar-refractivity contribution in [3.8, 4) is 17.6 Å². The number of halogens is 1. The van der Waals surface area contributed by atoms with E-state index in [9.17, 15) is 0 Å². The van der Waals surface area contributed by atoms with E-state index in [1.54, 1.807) is 13.3 Å². The van der Waals surface area contributed by atoms with E-state index >= 15 is 0 Å². The van der Waals surface area contributed by atoms with Gasteiger partial charge in [0.15, 0.2) is 0 Å². The number of ether oxygens (including phenoxy) is 2. The first kappa shape index (κ1) is 10.9. The van der Waals surface area contributed by atoms with Gasteiger partial charge in [-0.25, -0.2) is 4.98 Å². The van der Waals surface area contributed by atoms with E-state index in [2.05, 4.69) is 25.9 Å². The van der Waals surface area contributed by atoms with Crippen LogP contribution in [0.4, 0.5) is 0 Å². The van der Waals surface area contributed by atoms with Gasteiger partial charge in [0.05, 0.1) is 17.8 Å². The Morgan fingerprint density at radius 2 is 1.94 bits per heavy atom. The molecule has 1 aromatic heterocycles. The largest absolute Gasteiger partial charge is 0.480 e. The van der Waals surface area contributed by atoms with E-state index in [0.717, 1.165) is 0 Å². The number of rotatable bonds is 3. The van der Waals surface area contributed by atoms with Crippen molar-refractivity contribution < 1.29 is 9.47 Å². The van der Waals surface area contributed by atoms with E-state index in [4.69, 9.17) is 9.47 Å². The quantitative estimate of drug-likeness (QED) is 0.867. The van der Waals surface area contributed by atoms with Crippen LogP contribution < -0.4 is 9.47 Å². The normalized spacial score (nSPS) is 9.88. The molecule has 0 aliphatic carbocycles. The van der Waals surface area contributed by atoms with Crippen LogP contribution in [0.1, 0.15) is 0 Å². The molecule has 0 atom stereocenters. The maximum Gasteiger partial charge on any atom is 0.325 e. The van der Waals surface area contributed by atoms with Crippen molar-refractivity contribution in [1.82, 2.24) is 9.97 Å². The topological polar surface area (TPSA) is 44.2 Å². The number of benzene rings is 1. The lowest BCUT2D eigenvalue weighted by atomic mass is 10.3. The first-order valence-corrected chi connectivity index (χ1v) is 5.38. The number of nitrogens with zero attached hydrogens (tertiary/aromatic N) is 2. The summed E-state index contributed by atoms with van der Waals surface area (Å²) in [5, 5.41) is 0. The molecule has 0 saturated carbocycles. The summed E-state index contributed by atoms with van der Waals surface area (Å²) in [6, 6.07) is 9.59. The molecule has 1 aromatic carbocycles. The van der Waals surface area contributed by atoms with Crippen molar-refractivity contribution in [3.05, 3.63) is 41.0 Å². The fourth-order valence-corrected chi connectivity index (χ4v) is 1.48. The Labute approximate surface area is 101 Å². The van der Waals surface area contributed by atoms with Crippen LogP contribution in [0.25, 0.3) is 0 Å². The summed E-state index contributed by atoms with van der Waals surface area (Å²) < 4.78 is 11.2. The molecule has 0 amide bonds. The first-order chi connectivity index (χ1) is 7.79. The number of aromatic nitrogens is 2. The summed E-state index contributed by atoms with van der Waals surface area (Å²) in [6.07, 6.45) is 1.59.